The molecule has 2 aromatic rings. The maximum Gasteiger partial charge on any atom is 0.500 e. The number of carbonyl (C=O) groups is 2. The van der Waals surface area contributed by atoms with Gasteiger partial charge in [-0.25, -0.2) is 0 Å². The van der Waals surface area contributed by atoms with E-state index in [1.54, 1.807) is 36.4 Å². The van der Waals surface area contributed by atoms with Crippen LogP contribution in [0.3, 0.4) is 0 Å². The zero-order chi connectivity index (χ0) is 44.7. The van der Waals surface area contributed by atoms with Crippen LogP contribution in [-0.2, 0) is 36.0 Å². The van der Waals surface area contributed by atoms with Crippen LogP contribution in [0.15, 0.2) is 36.4 Å². The second kappa shape index (κ2) is 31.8. The van der Waals surface area contributed by atoms with Gasteiger partial charge in [-0.15, -0.1) is 0 Å². The van der Waals surface area contributed by atoms with Crippen molar-refractivity contribution in [3.63, 3.8) is 0 Å². The van der Waals surface area contributed by atoms with Crippen molar-refractivity contribution in [2.45, 2.75) is 79.3 Å². The zero-order valence-corrected chi connectivity index (χ0v) is 40.2. The molecule has 2 aromatic carbocycles. The minimum atomic E-state index is -2.69. The maximum atomic E-state index is 13.2. The van der Waals surface area contributed by atoms with E-state index in [2.05, 4.69) is 10.6 Å². The topological polar surface area (TPSA) is 169 Å². The van der Waals surface area contributed by atoms with E-state index in [0.29, 0.717) is 138 Å². The van der Waals surface area contributed by atoms with Gasteiger partial charge in [-0.1, -0.05) is 0 Å². The summed E-state index contributed by atoms with van der Waals surface area (Å²) in [6.07, 6.45) is 2.27. The highest BCUT2D eigenvalue weighted by molar-refractivity contribution is 6.61. The fourth-order valence-corrected chi connectivity index (χ4v) is 11.9. The molecule has 3 rings (SSSR count). The summed E-state index contributed by atoms with van der Waals surface area (Å²) >= 11 is 0. The van der Waals surface area contributed by atoms with E-state index in [9.17, 15) is 9.59 Å². The normalized spacial score (nSPS) is 14.5. The van der Waals surface area contributed by atoms with E-state index < -0.39 is 17.6 Å². The number of benzene rings is 2. The zero-order valence-electron chi connectivity index (χ0n) is 38.2. The summed E-state index contributed by atoms with van der Waals surface area (Å²) in [5.74, 6) is 1.89. The second-order valence-electron chi connectivity index (χ2n) is 14.0. The number of Topliss-reactive ketones (excluding diaryl/α,β-unsaturated/α-hetero) is 2. The number of nitrogens with one attached hydrogen (secondary N) is 2. The first-order chi connectivity index (χ1) is 30.3. The Balaban J connectivity index is 1.48. The Morgan fingerprint density at radius 3 is 1.11 bits per heavy atom. The van der Waals surface area contributed by atoms with Crippen molar-refractivity contribution in [3.05, 3.63) is 47.5 Å². The summed E-state index contributed by atoms with van der Waals surface area (Å²) in [6, 6.07) is 11.9. The maximum absolute atomic E-state index is 13.2. The summed E-state index contributed by atoms with van der Waals surface area (Å²) in [4.78, 5) is 26.4. The lowest BCUT2D eigenvalue weighted by Gasteiger charge is -2.28. The molecule has 16 nitrogen and oxygen atoms in total. The molecule has 0 saturated carbocycles. The van der Waals surface area contributed by atoms with Crippen LogP contribution < -0.4 is 29.6 Å². The van der Waals surface area contributed by atoms with E-state index in [1.807, 2.05) is 41.5 Å². The van der Waals surface area contributed by atoms with Crippen molar-refractivity contribution in [1.82, 2.24) is 10.6 Å². The minimum Gasteiger partial charge on any atom is -0.487 e. The summed E-state index contributed by atoms with van der Waals surface area (Å²) in [6.45, 7) is 19.6. The molecular weight excluding hydrogens is 837 g/mol. The molecule has 0 aromatic heterocycles. The molecule has 0 unspecified atom stereocenters. The van der Waals surface area contributed by atoms with Crippen LogP contribution in [0, 0.1) is 0 Å². The van der Waals surface area contributed by atoms with Gasteiger partial charge in [0.1, 0.15) is 26.4 Å². The van der Waals surface area contributed by atoms with Gasteiger partial charge in [-0.05, 0) is 104 Å². The van der Waals surface area contributed by atoms with Crippen LogP contribution in [0.1, 0.15) is 87.9 Å². The smallest absolute Gasteiger partial charge is 0.487 e. The predicted octanol–water partition coefficient (Wildman–Crippen LogP) is 6.15. The quantitative estimate of drug-likeness (QED) is 0.0566. The number of fused-ring (bicyclic) bond motifs is 2. The van der Waals surface area contributed by atoms with Crippen LogP contribution in [-0.4, -0.2) is 148 Å². The summed E-state index contributed by atoms with van der Waals surface area (Å²) in [7, 11) is -5.38. The van der Waals surface area contributed by atoms with Gasteiger partial charge in [-0.2, -0.15) is 0 Å². The van der Waals surface area contributed by atoms with Gasteiger partial charge in [0.2, 0.25) is 0 Å². The lowest BCUT2D eigenvalue weighted by molar-refractivity contribution is 0.0639. The molecular formula is C44H74N2O14Si2. The first kappa shape index (κ1) is 53.4. The summed E-state index contributed by atoms with van der Waals surface area (Å²) in [5.41, 5.74) is 1.06. The van der Waals surface area contributed by atoms with E-state index in [-0.39, 0.29) is 51.2 Å². The lowest BCUT2D eigenvalue weighted by atomic mass is 10.1. The predicted molar refractivity (Wildman–Crippen MR) is 240 cm³/mol. The summed E-state index contributed by atoms with van der Waals surface area (Å²) in [5, 5.41) is 6.73. The Morgan fingerprint density at radius 1 is 0.468 bits per heavy atom. The first-order valence-corrected chi connectivity index (χ1v) is 26.4. The van der Waals surface area contributed by atoms with E-state index in [1.165, 1.54) is 0 Å². The number of rotatable bonds is 28. The average Bonchev–Trinajstić information content (AvgIpc) is 3.26. The molecule has 0 spiro atoms. The van der Waals surface area contributed by atoms with Crippen molar-refractivity contribution < 1.29 is 64.6 Å². The van der Waals surface area contributed by atoms with Crippen LogP contribution in [0.4, 0.5) is 0 Å². The van der Waals surface area contributed by atoms with Crippen molar-refractivity contribution in [2.24, 2.45) is 0 Å². The van der Waals surface area contributed by atoms with Gasteiger partial charge >= 0.3 is 17.6 Å². The molecule has 1 heterocycles. The van der Waals surface area contributed by atoms with Gasteiger partial charge in [0, 0.05) is 88.8 Å². The van der Waals surface area contributed by atoms with Crippen molar-refractivity contribution >= 4 is 29.2 Å². The molecule has 18 heteroatoms. The molecule has 0 amide bonds. The first-order valence-electron chi connectivity index (χ1n) is 22.5. The number of carbonyl (C=O) groups excluding carboxylic acids is 2. The number of ether oxygens (including phenoxy) is 6. The third kappa shape index (κ3) is 19.8. The fourth-order valence-electron chi connectivity index (χ4n) is 6.68. The molecule has 1 aliphatic rings. The SMILES string of the molecule is CCO[Si](CCCNCCC(=O)c1ccc2c(c1)OCCOCCOc1cc(C(=O)CCNCCC[Si](OCC)(OCC)OCC)ccc1OCCOCCO2)(OCC)OCC. The van der Waals surface area contributed by atoms with Crippen LogP contribution in [0.5, 0.6) is 23.0 Å². The van der Waals surface area contributed by atoms with Gasteiger partial charge < -0.3 is 65.6 Å². The number of ketones is 2. The molecule has 0 radical (unpaired) electrons. The van der Waals surface area contributed by atoms with Crippen molar-refractivity contribution in [1.29, 1.82) is 0 Å². The molecule has 0 saturated heterocycles. The minimum absolute atomic E-state index is 0.0126. The molecule has 0 fully saturated rings. The highest BCUT2D eigenvalue weighted by Crippen LogP contribution is 2.31. The average molecular weight is 911 g/mol. The van der Waals surface area contributed by atoms with Gasteiger partial charge in [0.15, 0.2) is 34.6 Å². The highest BCUT2D eigenvalue weighted by atomic mass is 28.4. The molecule has 2 N–H and O–H groups in total. The number of hydrogen-bond acceptors (Lipinski definition) is 16. The molecule has 0 aliphatic carbocycles. The molecule has 0 atom stereocenters. The molecule has 352 valence electrons. The van der Waals surface area contributed by atoms with Crippen molar-refractivity contribution in [2.75, 3.05) is 119 Å². The lowest BCUT2D eigenvalue weighted by Crippen LogP contribution is -2.46. The Labute approximate surface area is 371 Å². The fraction of sp³-hybridized carbons (Fsp3) is 0.682. The monoisotopic (exact) mass is 910 g/mol. The Bertz CT molecular complexity index is 1400. The Kier molecular flexibility index (Phi) is 27.4. The second-order valence-corrected chi connectivity index (χ2v) is 19.4. The van der Waals surface area contributed by atoms with Crippen LogP contribution in [0.2, 0.25) is 12.1 Å². The largest absolute Gasteiger partial charge is 0.500 e. The van der Waals surface area contributed by atoms with E-state index >= 15 is 0 Å². The Hall–Kier alpha value is -2.99. The molecule has 0 bridgehead atoms. The Morgan fingerprint density at radius 2 is 0.790 bits per heavy atom. The third-order valence-electron chi connectivity index (χ3n) is 9.39. The molecule has 1 aliphatic heterocycles. The van der Waals surface area contributed by atoms with Crippen LogP contribution >= 0.6 is 0 Å². The van der Waals surface area contributed by atoms with Gasteiger partial charge in [0.25, 0.3) is 0 Å². The molecule has 62 heavy (non-hydrogen) atoms. The standard InChI is InChI=1S/C44H74N2O14Si2/c1-7-55-61(56-8-2,57-9-3)33-13-21-45-23-19-39(47)37-15-17-41-43(35-37)53-31-27-50-28-32-54-44-36-38(16-18-42(44)52-30-26-49-25-29-51-41)40(48)20-24-46-22-14-34-62(58-10-4,59-11-5)60-12-6/h15-18,35-36,45-46H,7-14,19-34H2,1-6H3. The van der Waals surface area contributed by atoms with E-state index in [4.69, 9.17) is 55.0 Å². The highest BCUT2D eigenvalue weighted by Gasteiger charge is 2.40. The van der Waals surface area contributed by atoms with E-state index in [0.717, 1.165) is 12.8 Å². The number of hydrogen-bond donors (Lipinski definition) is 2. The van der Waals surface area contributed by atoms with Crippen molar-refractivity contribution in [3.8, 4) is 23.0 Å². The van der Waals surface area contributed by atoms with Crippen LogP contribution in [0.25, 0.3) is 0 Å². The third-order valence-corrected chi connectivity index (χ3v) is 15.7. The summed E-state index contributed by atoms with van der Waals surface area (Å²) < 4.78 is 71.3. The van der Waals surface area contributed by atoms with Gasteiger partial charge in [-0.3, -0.25) is 9.59 Å². The van der Waals surface area contributed by atoms with Gasteiger partial charge in [0.05, 0.1) is 26.4 Å².